The molecule has 2 unspecified atom stereocenters. The summed E-state index contributed by atoms with van der Waals surface area (Å²) in [5.74, 6) is -3.15. The molecule has 0 saturated heterocycles. The van der Waals surface area contributed by atoms with Gasteiger partial charge in [-0.25, -0.2) is 0 Å². The number of aliphatic carboxylic acids is 1. The van der Waals surface area contributed by atoms with Crippen LogP contribution in [0.2, 0.25) is 0 Å². The van der Waals surface area contributed by atoms with Gasteiger partial charge in [0.15, 0.2) is 0 Å². The molecule has 1 rings (SSSR count). The van der Waals surface area contributed by atoms with Crippen molar-refractivity contribution in [3.63, 3.8) is 0 Å². The minimum atomic E-state index is -4.32. The first-order valence-corrected chi connectivity index (χ1v) is 5.53. The summed E-state index contributed by atoms with van der Waals surface area (Å²) in [6, 6.07) is 0. The molecule has 1 aliphatic carbocycles. The Bertz CT molecular complexity index is 365. The number of carboxylic acids is 1. The van der Waals surface area contributed by atoms with Crippen molar-refractivity contribution < 1.29 is 27.9 Å². The summed E-state index contributed by atoms with van der Waals surface area (Å²) in [6.45, 7) is 2.82. The van der Waals surface area contributed by atoms with Gasteiger partial charge in [-0.3, -0.25) is 9.59 Å². The van der Waals surface area contributed by atoms with Gasteiger partial charge in [0.1, 0.15) is 0 Å². The number of nitrogens with zero attached hydrogens (tertiary/aromatic N) is 1. The SMILES string of the molecule is CN(CCC(F)(F)F)C(=O)C1C(C(=O)O)C1(C)C. The van der Waals surface area contributed by atoms with Gasteiger partial charge in [0.2, 0.25) is 5.91 Å². The molecule has 1 amide bonds. The Morgan fingerprint density at radius 1 is 1.28 bits per heavy atom. The lowest BCUT2D eigenvalue weighted by atomic mass is 10.1. The molecule has 1 fully saturated rings. The molecule has 1 aliphatic rings. The third kappa shape index (κ3) is 2.94. The first-order chi connectivity index (χ1) is 7.98. The molecule has 0 spiro atoms. The lowest BCUT2D eigenvalue weighted by Gasteiger charge is -2.18. The minimum absolute atomic E-state index is 0.443. The van der Waals surface area contributed by atoms with Gasteiger partial charge in [-0.2, -0.15) is 13.2 Å². The van der Waals surface area contributed by atoms with Crippen LogP contribution in [0.1, 0.15) is 20.3 Å². The van der Waals surface area contributed by atoms with E-state index in [0.717, 1.165) is 4.90 Å². The summed E-state index contributed by atoms with van der Waals surface area (Å²) in [6.07, 6.45) is -5.40. The van der Waals surface area contributed by atoms with Crippen molar-refractivity contribution in [2.45, 2.75) is 26.4 Å². The zero-order valence-corrected chi connectivity index (χ0v) is 10.4. The van der Waals surface area contributed by atoms with Gasteiger partial charge in [-0.1, -0.05) is 13.8 Å². The van der Waals surface area contributed by atoms with Gasteiger partial charge < -0.3 is 10.0 Å². The van der Waals surface area contributed by atoms with E-state index in [0.29, 0.717) is 0 Å². The summed E-state index contributed by atoms with van der Waals surface area (Å²) in [5.41, 5.74) is -0.685. The van der Waals surface area contributed by atoms with Crippen LogP contribution in [0.5, 0.6) is 0 Å². The molecule has 7 heteroatoms. The Labute approximate surface area is 103 Å². The van der Waals surface area contributed by atoms with Gasteiger partial charge in [-0.05, 0) is 5.41 Å². The second kappa shape index (κ2) is 4.44. The van der Waals surface area contributed by atoms with Crippen molar-refractivity contribution >= 4 is 11.9 Å². The van der Waals surface area contributed by atoms with E-state index < -0.39 is 48.3 Å². The van der Waals surface area contributed by atoms with E-state index in [1.807, 2.05) is 0 Å². The third-order valence-corrected chi connectivity index (χ3v) is 3.47. The smallest absolute Gasteiger partial charge is 0.390 e. The number of amides is 1. The molecule has 1 saturated carbocycles. The number of carbonyl (C=O) groups is 2. The second-order valence-electron chi connectivity index (χ2n) is 5.24. The average molecular weight is 267 g/mol. The maximum atomic E-state index is 12.0. The summed E-state index contributed by atoms with van der Waals surface area (Å²) >= 11 is 0. The highest BCUT2D eigenvalue weighted by Gasteiger charge is 2.66. The van der Waals surface area contributed by atoms with Gasteiger partial charge in [0, 0.05) is 13.6 Å². The van der Waals surface area contributed by atoms with E-state index in [-0.39, 0.29) is 0 Å². The van der Waals surface area contributed by atoms with Crippen molar-refractivity contribution in [3.8, 4) is 0 Å². The van der Waals surface area contributed by atoms with Gasteiger partial charge in [-0.15, -0.1) is 0 Å². The summed E-state index contributed by atoms with van der Waals surface area (Å²) in [4.78, 5) is 23.7. The number of alkyl halides is 3. The predicted molar refractivity (Wildman–Crippen MR) is 56.7 cm³/mol. The average Bonchev–Trinajstić information content (AvgIpc) is 2.75. The number of hydrogen-bond donors (Lipinski definition) is 1. The molecule has 1 N–H and O–H groups in total. The molecule has 0 radical (unpaired) electrons. The second-order valence-corrected chi connectivity index (χ2v) is 5.24. The van der Waals surface area contributed by atoms with Crippen molar-refractivity contribution in [3.05, 3.63) is 0 Å². The van der Waals surface area contributed by atoms with Gasteiger partial charge in [0.05, 0.1) is 18.3 Å². The highest BCUT2D eigenvalue weighted by atomic mass is 19.4. The number of carboxylic acid groups (broad SMARTS) is 1. The molecule has 0 bridgehead atoms. The van der Waals surface area contributed by atoms with Crippen molar-refractivity contribution in [2.75, 3.05) is 13.6 Å². The topological polar surface area (TPSA) is 57.6 Å². The van der Waals surface area contributed by atoms with Crippen molar-refractivity contribution in [2.24, 2.45) is 17.3 Å². The predicted octanol–water partition coefficient (Wildman–Crippen LogP) is 1.75. The lowest BCUT2D eigenvalue weighted by Crippen LogP contribution is -2.33. The Morgan fingerprint density at radius 2 is 1.78 bits per heavy atom. The van der Waals surface area contributed by atoms with E-state index in [2.05, 4.69) is 0 Å². The number of rotatable bonds is 4. The molecule has 0 aliphatic heterocycles. The minimum Gasteiger partial charge on any atom is -0.481 e. The Balaban J connectivity index is 2.59. The van der Waals surface area contributed by atoms with E-state index in [1.165, 1.54) is 7.05 Å². The standard InChI is InChI=1S/C11H16F3NO3/c1-10(2)6(7(10)9(17)18)8(16)15(3)5-4-11(12,13)14/h6-7H,4-5H2,1-3H3,(H,17,18). The molecular formula is C11H16F3NO3. The highest BCUT2D eigenvalue weighted by Crippen LogP contribution is 2.58. The van der Waals surface area contributed by atoms with Gasteiger partial charge >= 0.3 is 12.1 Å². The maximum Gasteiger partial charge on any atom is 0.390 e. The van der Waals surface area contributed by atoms with E-state index >= 15 is 0 Å². The first kappa shape index (κ1) is 14.8. The molecule has 0 heterocycles. The summed E-state index contributed by atoms with van der Waals surface area (Å²) in [7, 11) is 1.27. The Kier molecular flexibility index (Phi) is 3.65. The van der Waals surface area contributed by atoms with Crippen LogP contribution in [-0.4, -0.2) is 41.7 Å². The van der Waals surface area contributed by atoms with Crippen LogP contribution in [-0.2, 0) is 9.59 Å². The van der Waals surface area contributed by atoms with Crippen LogP contribution >= 0.6 is 0 Å². The number of carbonyl (C=O) groups excluding carboxylic acids is 1. The first-order valence-electron chi connectivity index (χ1n) is 5.53. The molecule has 0 aromatic heterocycles. The van der Waals surface area contributed by atoms with Crippen LogP contribution in [0, 0.1) is 17.3 Å². The lowest BCUT2D eigenvalue weighted by molar-refractivity contribution is -0.147. The highest BCUT2D eigenvalue weighted by molar-refractivity contribution is 5.91. The molecular weight excluding hydrogens is 251 g/mol. The van der Waals surface area contributed by atoms with Crippen LogP contribution in [0.4, 0.5) is 13.2 Å². The number of halogens is 3. The summed E-state index contributed by atoms with van der Waals surface area (Å²) in [5, 5.41) is 8.90. The van der Waals surface area contributed by atoms with E-state index in [9.17, 15) is 22.8 Å². The normalized spacial score (nSPS) is 25.7. The fraction of sp³-hybridized carbons (Fsp3) is 0.818. The molecule has 0 aromatic rings. The Hall–Kier alpha value is -1.27. The molecule has 0 aromatic carbocycles. The van der Waals surface area contributed by atoms with E-state index in [4.69, 9.17) is 5.11 Å². The molecule has 18 heavy (non-hydrogen) atoms. The quantitative estimate of drug-likeness (QED) is 0.844. The largest absolute Gasteiger partial charge is 0.481 e. The monoisotopic (exact) mass is 267 g/mol. The van der Waals surface area contributed by atoms with Crippen LogP contribution in [0.25, 0.3) is 0 Å². The van der Waals surface area contributed by atoms with Crippen LogP contribution in [0.15, 0.2) is 0 Å². The Morgan fingerprint density at radius 3 is 2.11 bits per heavy atom. The summed E-state index contributed by atoms with van der Waals surface area (Å²) < 4.78 is 36.1. The fourth-order valence-electron chi connectivity index (χ4n) is 2.20. The van der Waals surface area contributed by atoms with Crippen molar-refractivity contribution in [1.82, 2.24) is 4.90 Å². The third-order valence-electron chi connectivity index (χ3n) is 3.47. The molecule has 2 atom stereocenters. The number of hydrogen-bond acceptors (Lipinski definition) is 2. The zero-order valence-electron chi connectivity index (χ0n) is 10.4. The maximum absolute atomic E-state index is 12.0. The molecule has 104 valence electrons. The van der Waals surface area contributed by atoms with Gasteiger partial charge in [0.25, 0.3) is 0 Å². The fourth-order valence-corrected chi connectivity index (χ4v) is 2.20. The van der Waals surface area contributed by atoms with Crippen LogP contribution in [0.3, 0.4) is 0 Å². The van der Waals surface area contributed by atoms with Crippen LogP contribution < -0.4 is 0 Å². The van der Waals surface area contributed by atoms with E-state index in [1.54, 1.807) is 13.8 Å². The van der Waals surface area contributed by atoms with Crippen molar-refractivity contribution in [1.29, 1.82) is 0 Å². The zero-order chi connectivity index (χ0) is 14.3. The molecule has 4 nitrogen and oxygen atoms in total.